The number of rotatable bonds is 3. The van der Waals surface area contributed by atoms with Gasteiger partial charge in [0.15, 0.2) is 0 Å². The normalized spacial score (nSPS) is 28.7. The summed E-state index contributed by atoms with van der Waals surface area (Å²) in [7, 11) is 0. The fraction of sp³-hybridized carbons (Fsp3) is 0.909. The first-order chi connectivity index (χ1) is 8.12. The van der Waals surface area contributed by atoms with Crippen molar-refractivity contribution in [2.75, 3.05) is 19.6 Å². The van der Waals surface area contributed by atoms with Crippen molar-refractivity contribution < 1.29 is 18.3 Å². The van der Waals surface area contributed by atoms with Crippen molar-refractivity contribution in [3.05, 3.63) is 0 Å². The molecule has 0 amide bonds. The SMILES string of the molecule is CC1(O)CCCN(CC(C(N)=S)C(F)(F)F)CC1. The number of thiocarbonyl (C=S) groups is 1. The monoisotopic (exact) mass is 284 g/mol. The van der Waals surface area contributed by atoms with Crippen LogP contribution in [0, 0.1) is 5.92 Å². The van der Waals surface area contributed by atoms with Crippen LogP contribution in [-0.2, 0) is 0 Å². The van der Waals surface area contributed by atoms with Crippen molar-refractivity contribution in [2.45, 2.75) is 38.0 Å². The Morgan fingerprint density at radius 2 is 2.06 bits per heavy atom. The van der Waals surface area contributed by atoms with E-state index in [9.17, 15) is 18.3 Å². The van der Waals surface area contributed by atoms with E-state index in [0.29, 0.717) is 32.4 Å². The van der Waals surface area contributed by atoms with E-state index in [-0.39, 0.29) is 6.54 Å². The van der Waals surface area contributed by atoms with E-state index in [4.69, 9.17) is 5.73 Å². The van der Waals surface area contributed by atoms with Gasteiger partial charge in [-0.3, -0.25) is 0 Å². The van der Waals surface area contributed by atoms with E-state index in [1.165, 1.54) is 0 Å². The van der Waals surface area contributed by atoms with E-state index in [1.54, 1.807) is 11.8 Å². The van der Waals surface area contributed by atoms with E-state index < -0.39 is 22.7 Å². The Bertz CT molecular complexity index is 307. The van der Waals surface area contributed by atoms with E-state index in [0.717, 1.165) is 0 Å². The minimum absolute atomic E-state index is 0.213. The van der Waals surface area contributed by atoms with E-state index in [2.05, 4.69) is 12.2 Å². The second-order valence-electron chi connectivity index (χ2n) is 5.15. The maximum Gasteiger partial charge on any atom is 0.399 e. The molecule has 3 nitrogen and oxygen atoms in total. The summed E-state index contributed by atoms with van der Waals surface area (Å²) in [6.45, 7) is 2.47. The first-order valence-corrected chi connectivity index (χ1v) is 6.33. The summed E-state index contributed by atoms with van der Waals surface area (Å²) < 4.78 is 38.2. The van der Waals surface area contributed by atoms with Gasteiger partial charge in [-0.15, -0.1) is 0 Å². The molecule has 0 aromatic carbocycles. The molecule has 1 fully saturated rings. The van der Waals surface area contributed by atoms with Crippen molar-refractivity contribution in [1.82, 2.24) is 4.90 Å². The molecule has 0 spiro atoms. The molecule has 0 aliphatic carbocycles. The van der Waals surface area contributed by atoms with Gasteiger partial charge in [-0.05, 0) is 32.7 Å². The number of likely N-dealkylation sites (tertiary alicyclic amines) is 1. The lowest BCUT2D eigenvalue weighted by Crippen LogP contribution is -2.44. The molecule has 7 heteroatoms. The van der Waals surface area contributed by atoms with Crippen LogP contribution in [0.4, 0.5) is 13.2 Å². The van der Waals surface area contributed by atoms with Crippen LogP contribution >= 0.6 is 12.2 Å². The summed E-state index contributed by atoms with van der Waals surface area (Å²) in [5, 5.41) is 9.88. The molecule has 3 N–H and O–H groups in total. The lowest BCUT2D eigenvalue weighted by Gasteiger charge is -2.27. The third-order valence-electron chi connectivity index (χ3n) is 3.34. The highest BCUT2D eigenvalue weighted by atomic mass is 32.1. The molecule has 106 valence electrons. The predicted octanol–water partition coefficient (Wildman–Crippen LogP) is 1.69. The number of hydrogen-bond acceptors (Lipinski definition) is 3. The Morgan fingerprint density at radius 3 is 2.56 bits per heavy atom. The van der Waals surface area contributed by atoms with Crippen LogP contribution in [0.3, 0.4) is 0 Å². The molecule has 0 saturated carbocycles. The number of nitrogens with two attached hydrogens (primary N) is 1. The Kier molecular flexibility index (Phi) is 4.97. The van der Waals surface area contributed by atoms with Gasteiger partial charge in [0.2, 0.25) is 0 Å². The third kappa shape index (κ3) is 4.70. The van der Waals surface area contributed by atoms with Crippen LogP contribution in [0.5, 0.6) is 0 Å². The summed E-state index contributed by atoms with van der Waals surface area (Å²) in [5.74, 6) is -1.77. The van der Waals surface area contributed by atoms with E-state index >= 15 is 0 Å². The number of nitrogens with zero attached hydrogens (tertiary/aromatic N) is 1. The van der Waals surface area contributed by atoms with Crippen LogP contribution in [0.25, 0.3) is 0 Å². The van der Waals surface area contributed by atoms with Crippen LogP contribution in [0.15, 0.2) is 0 Å². The summed E-state index contributed by atoms with van der Waals surface area (Å²) in [5.41, 5.74) is 4.38. The van der Waals surface area contributed by atoms with Crippen LogP contribution in [0.1, 0.15) is 26.2 Å². The Balaban J connectivity index is 2.63. The maximum atomic E-state index is 12.7. The number of alkyl halides is 3. The molecule has 1 aliphatic heterocycles. The molecular formula is C11H19F3N2OS. The number of hydrogen-bond donors (Lipinski definition) is 2. The minimum atomic E-state index is -4.40. The van der Waals surface area contributed by atoms with E-state index in [1.807, 2.05) is 0 Å². The summed E-state index contributed by atoms with van der Waals surface area (Å²) in [6.07, 6.45) is -2.66. The third-order valence-corrected chi connectivity index (χ3v) is 3.62. The van der Waals surface area contributed by atoms with Gasteiger partial charge < -0.3 is 15.7 Å². The highest BCUT2D eigenvalue weighted by molar-refractivity contribution is 7.80. The fourth-order valence-electron chi connectivity index (χ4n) is 2.11. The highest BCUT2D eigenvalue weighted by Gasteiger charge is 2.42. The van der Waals surface area contributed by atoms with Gasteiger partial charge in [0.1, 0.15) is 5.92 Å². The Labute approximate surface area is 110 Å². The smallest absolute Gasteiger partial charge is 0.393 e. The molecule has 0 radical (unpaired) electrons. The molecule has 2 atom stereocenters. The molecule has 2 unspecified atom stereocenters. The van der Waals surface area contributed by atoms with Gasteiger partial charge in [0.25, 0.3) is 0 Å². The van der Waals surface area contributed by atoms with Gasteiger partial charge in [-0.1, -0.05) is 12.2 Å². The first-order valence-electron chi connectivity index (χ1n) is 5.92. The zero-order valence-electron chi connectivity index (χ0n) is 10.3. The second kappa shape index (κ2) is 5.71. The van der Waals surface area contributed by atoms with Crippen molar-refractivity contribution in [3.8, 4) is 0 Å². The van der Waals surface area contributed by atoms with Crippen molar-refractivity contribution in [1.29, 1.82) is 0 Å². The minimum Gasteiger partial charge on any atom is -0.393 e. The van der Waals surface area contributed by atoms with Crippen LogP contribution in [0.2, 0.25) is 0 Å². The fourth-order valence-corrected chi connectivity index (χ4v) is 2.32. The van der Waals surface area contributed by atoms with Gasteiger partial charge in [-0.25, -0.2) is 0 Å². The number of halogens is 3. The van der Waals surface area contributed by atoms with Gasteiger partial charge in [0.05, 0.1) is 10.6 Å². The zero-order chi connectivity index (χ0) is 14.0. The average Bonchev–Trinajstić information content (AvgIpc) is 2.34. The van der Waals surface area contributed by atoms with Gasteiger partial charge >= 0.3 is 6.18 Å². The summed E-state index contributed by atoms with van der Waals surface area (Å²) >= 11 is 4.49. The molecule has 18 heavy (non-hydrogen) atoms. The van der Waals surface area contributed by atoms with Crippen molar-refractivity contribution >= 4 is 17.2 Å². The molecule has 1 heterocycles. The lowest BCUT2D eigenvalue weighted by atomic mass is 9.98. The summed E-state index contributed by atoms with van der Waals surface area (Å²) in [6, 6.07) is 0. The van der Waals surface area contributed by atoms with Gasteiger partial charge in [0, 0.05) is 13.1 Å². The largest absolute Gasteiger partial charge is 0.399 e. The average molecular weight is 284 g/mol. The Hall–Kier alpha value is -0.400. The highest BCUT2D eigenvalue weighted by Crippen LogP contribution is 2.29. The molecule has 0 aromatic heterocycles. The zero-order valence-corrected chi connectivity index (χ0v) is 11.2. The standard InChI is InChI=1S/C11H19F3N2OS/c1-10(17)3-2-5-16(6-4-10)7-8(9(15)18)11(12,13)14/h8,17H,2-7H2,1H3,(H2,15,18). The van der Waals surface area contributed by atoms with Crippen molar-refractivity contribution in [3.63, 3.8) is 0 Å². The molecule has 1 aliphatic rings. The molecule has 0 bridgehead atoms. The van der Waals surface area contributed by atoms with Crippen LogP contribution < -0.4 is 5.73 Å². The first kappa shape index (κ1) is 15.7. The lowest BCUT2D eigenvalue weighted by molar-refractivity contribution is -0.159. The second-order valence-corrected chi connectivity index (χ2v) is 5.62. The topological polar surface area (TPSA) is 49.5 Å². The number of aliphatic hydroxyl groups is 1. The quantitative estimate of drug-likeness (QED) is 0.774. The van der Waals surface area contributed by atoms with Crippen molar-refractivity contribution in [2.24, 2.45) is 11.7 Å². The molecule has 0 aromatic rings. The molecular weight excluding hydrogens is 265 g/mol. The summed E-state index contributed by atoms with van der Waals surface area (Å²) in [4.78, 5) is 1.16. The van der Waals surface area contributed by atoms with Crippen LogP contribution in [-0.4, -0.2) is 46.4 Å². The molecule has 1 saturated heterocycles. The maximum absolute atomic E-state index is 12.7. The predicted molar refractivity (Wildman–Crippen MR) is 67.2 cm³/mol. The Morgan fingerprint density at radius 1 is 1.44 bits per heavy atom. The van der Waals surface area contributed by atoms with Gasteiger partial charge in [-0.2, -0.15) is 13.2 Å². The molecule has 1 rings (SSSR count).